The van der Waals surface area contributed by atoms with Crippen molar-refractivity contribution in [3.05, 3.63) is 114 Å². The summed E-state index contributed by atoms with van der Waals surface area (Å²) in [6.07, 6.45) is 1.97. The second kappa shape index (κ2) is 11.4. The molecule has 2 amide bonds. The third kappa shape index (κ3) is 6.49. The van der Waals surface area contributed by atoms with Crippen molar-refractivity contribution in [2.45, 2.75) is 25.7 Å². The monoisotopic (exact) mass is 489 g/mol. The van der Waals surface area contributed by atoms with E-state index in [1.54, 1.807) is 6.07 Å². The highest BCUT2D eigenvalue weighted by atomic mass is 16.3. The number of aryl methyl sites for hydroxylation is 2. The Hall–Kier alpha value is -4.71. The van der Waals surface area contributed by atoms with Crippen LogP contribution in [-0.4, -0.2) is 16.8 Å². The van der Waals surface area contributed by atoms with Crippen LogP contribution in [-0.2, 0) is 22.4 Å². The average Bonchev–Trinajstić information content (AvgIpc) is 3.36. The van der Waals surface area contributed by atoms with E-state index >= 15 is 0 Å². The molecule has 184 valence electrons. The Morgan fingerprint density at radius 2 is 1.16 bits per heavy atom. The van der Waals surface area contributed by atoms with E-state index in [0.29, 0.717) is 54.1 Å². The minimum Gasteiger partial charge on any atom is -0.436 e. The Bertz CT molecular complexity index is 1400. The molecular weight excluding hydrogens is 462 g/mol. The lowest BCUT2D eigenvalue weighted by atomic mass is 10.1. The van der Waals surface area contributed by atoms with Gasteiger partial charge in [-0.3, -0.25) is 9.59 Å². The number of carbonyl (C=O) groups excluding carboxylic acids is 2. The van der Waals surface area contributed by atoms with Gasteiger partial charge in [0, 0.05) is 29.8 Å². The number of benzene rings is 4. The summed E-state index contributed by atoms with van der Waals surface area (Å²) >= 11 is 0. The summed E-state index contributed by atoms with van der Waals surface area (Å²) in [7, 11) is 0. The molecule has 0 aliphatic heterocycles. The van der Waals surface area contributed by atoms with Crippen LogP contribution >= 0.6 is 0 Å². The highest BCUT2D eigenvalue weighted by Crippen LogP contribution is 2.30. The van der Waals surface area contributed by atoms with Crippen LogP contribution in [0.25, 0.3) is 22.6 Å². The van der Waals surface area contributed by atoms with Gasteiger partial charge >= 0.3 is 0 Å². The van der Waals surface area contributed by atoms with Crippen molar-refractivity contribution in [2.24, 2.45) is 0 Å². The number of fused-ring (bicyclic) bond motifs is 1. The Morgan fingerprint density at radius 1 is 0.649 bits per heavy atom. The van der Waals surface area contributed by atoms with Crippen LogP contribution in [0.1, 0.15) is 24.0 Å². The van der Waals surface area contributed by atoms with Gasteiger partial charge in [0.05, 0.1) is 0 Å². The number of para-hydroxylation sites is 2. The maximum atomic E-state index is 12.7. The molecule has 6 nitrogen and oxygen atoms in total. The van der Waals surface area contributed by atoms with E-state index in [4.69, 9.17) is 4.42 Å². The molecule has 0 atom stereocenters. The molecule has 1 heterocycles. The van der Waals surface area contributed by atoms with Crippen LogP contribution < -0.4 is 10.6 Å². The zero-order valence-corrected chi connectivity index (χ0v) is 20.3. The third-order valence-corrected chi connectivity index (χ3v) is 6.01. The van der Waals surface area contributed by atoms with Gasteiger partial charge in [0.15, 0.2) is 5.58 Å². The predicted molar refractivity (Wildman–Crippen MR) is 146 cm³/mol. The molecule has 37 heavy (non-hydrogen) atoms. The lowest BCUT2D eigenvalue weighted by Crippen LogP contribution is -2.15. The van der Waals surface area contributed by atoms with Crippen LogP contribution in [0.15, 0.2) is 108 Å². The summed E-state index contributed by atoms with van der Waals surface area (Å²) in [6, 6.07) is 32.7. The number of carbonyl (C=O) groups is 2. The van der Waals surface area contributed by atoms with Crippen molar-refractivity contribution >= 4 is 34.3 Å². The molecule has 6 heteroatoms. The summed E-state index contributed by atoms with van der Waals surface area (Å²) in [6.45, 7) is 0. The quantitative estimate of drug-likeness (QED) is 0.243. The van der Waals surface area contributed by atoms with Crippen molar-refractivity contribution in [3.63, 3.8) is 0 Å². The van der Waals surface area contributed by atoms with Crippen LogP contribution in [0.2, 0.25) is 0 Å². The van der Waals surface area contributed by atoms with E-state index in [-0.39, 0.29) is 11.8 Å². The highest BCUT2D eigenvalue weighted by Gasteiger charge is 2.13. The first kappa shape index (κ1) is 24.0. The molecule has 0 saturated carbocycles. The summed E-state index contributed by atoms with van der Waals surface area (Å²) < 4.78 is 5.95. The second-order valence-corrected chi connectivity index (χ2v) is 8.85. The molecule has 0 spiro atoms. The standard InChI is InChI=1S/C31H27N3O3/c35-29(17-15-22-9-3-1-4-10-22)32-25-19-24(31-34-27-13-7-8-14-28(27)37-31)20-26(21-25)33-30(36)18-16-23-11-5-2-6-12-23/h1-14,19-21H,15-18H2,(H,32,35)(H,33,36). The van der Waals surface area contributed by atoms with Crippen molar-refractivity contribution < 1.29 is 14.0 Å². The maximum absolute atomic E-state index is 12.7. The average molecular weight is 490 g/mol. The summed E-state index contributed by atoms with van der Waals surface area (Å²) in [4.78, 5) is 30.0. The summed E-state index contributed by atoms with van der Waals surface area (Å²) in [5, 5.41) is 5.94. The van der Waals surface area contributed by atoms with Crippen LogP contribution in [0.3, 0.4) is 0 Å². The minimum atomic E-state index is -0.111. The molecule has 0 aliphatic rings. The lowest BCUT2D eigenvalue weighted by molar-refractivity contribution is -0.116. The van der Waals surface area contributed by atoms with E-state index in [1.165, 1.54) is 0 Å². The van der Waals surface area contributed by atoms with Gasteiger partial charge in [0.2, 0.25) is 17.7 Å². The zero-order chi connectivity index (χ0) is 25.5. The van der Waals surface area contributed by atoms with Crippen molar-refractivity contribution in [1.82, 2.24) is 4.98 Å². The smallest absolute Gasteiger partial charge is 0.227 e. The summed E-state index contributed by atoms with van der Waals surface area (Å²) in [5.41, 5.74) is 5.41. The first-order chi connectivity index (χ1) is 18.1. The Balaban J connectivity index is 1.34. The van der Waals surface area contributed by atoms with Gasteiger partial charge in [-0.1, -0.05) is 72.8 Å². The number of hydrogen-bond acceptors (Lipinski definition) is 4. The molecule has 0 radical (unpaired) electrons. The number of hydrogen-bond donors (Lipinski definition) is 2. The van der Waals surface area contributed by atoms with Gasteiger partial charge in [-0.15, -0.1) is 0 Å². The van der Waals surface area contributed by atoms with Gasteiger partial charge < -0.3 is 15.1 Å². The number of nitrogens with one attached hydrogen (secondary N) is 2. The van der Waals surface area contributed by atoms with E-state index < -0.39 is 0 Å². The van der Waals surface area contributed by atoms with Gasteiger partial charge in [-0.25, -0.2) is 4.98 Å². The largest absolute Gasteiger partial charge is 0.436 e. The van der Waals surface area contributed by atoms with Crippen LogP contribution in [0.5, 0.6) is 0 Å². The zero-order valence-electron chi connectivity index (χ0n) is 20.3. The first-order valence-corrected chi connectivity index (χ1v) is 12.3. The number of amides is 2. The van der Waals surface area contributed by atoms with Gasteiger partial charge in [-0.05, 0) is 54.3 Å². The molecule has 1 aromatic heterocycles. The molecule has 5 rings (SSSR count). The van der Waals surface area contributed by atoms with Crippen LogP contribution in [0.4, 0.5) is 11.4 Å². The SMILES string of the molecule is O=C(CCc1ccccc1)Nc1cc(NC(=O)CCc2ccccc2)cc(-c2nc3ccccc3o2)c1. The van der Waals surface area contributed by atoms with E-state index in [1.807, 2.05) is 97.1 Å². The number of aromatic nitrogens is 1. The van der Waals surface area contributed by atoms with Gasteiger partial charge in [-0.2, -0.15) is 0 Å². The number of rotatable bonds is 9. The highest BCUT2D eigenvalue weighted by molar-refractivity contribution is 5.95. The van der Waals surface area contributed by atoms with E-state index in [9.17, 15) is 9.59 Å². The molecule has 5 aromatic rings. The molecular formula is C31H27N3O3. The number of oxazole rings is 1. The molecule has 4 aromatic carbocycles. The molecule has 0 fully saturated rings. The van der Waals surface area contributed by atoms with Crippen LogP contribution in [0, 0.1) is 0 Å². The maximum Gasteiger partial charge on any atom is 0.227 e. The normalized spacial score (nSPS) is 10.8. The van der Waals surface area contributed by atoms with Crippen molar-refractivity contribution in [1.29, 1.82) is 0 Å². The number of nitrogens with zero attached hydrogens (tertiary/aromatic N) is 1. The molecule has 0 bridgehead atoms. The van der Waals surface area contributed by atoms with E-state index in [0.717, 1.165) is 16.6 Å². The predicted octanol–water partition coefficient (Wildman–Crippen LogP) is 6.64. The molecule has 0 aliphatic carbocycles. The van der Waals surface area contributed by atoms with Crippen molar-refractivity contribution in [2.75, 3.05) is 10.6 Å². The fourth-order valence-corrected chi connectivity index (χ4v) is 4.14. The molecule has 2 N–H and O–H groups in total. The fourth-order valence-electron chi connectivity index (χ4n) is 4.14. The Morgan fingerprint density at radius 3 is 1.70 bits per heavy atom. The Kier molecular flexibility index (Phi) is 7.36. The van der Waals surface area contributed by atoms with E-state index in [2.05, 4.69) is 15.6 Å². The summed E-state index contributed by atoms with van der Waals surface area (Å²) in [5.74, 6) is 0.196. The fraction of sp³-hybridized carbons (Fsp3) is 0.129. The minimum absolute atomic E-state index is 0.111. The molecule has 0 saturated heterocycles. The van der Waals surface area contributed by atoms with Gasteiger partial charge in [0.25, 0.3) is 0 Å². The first-order valence-electron chi connectivity index (χ1n) is 12.3. The van der Waals surface area contributed by atoms with Gasteiger partial charge in [0.1, 0.15) is 5.52 Å². The second-order valence-electron chi connectivity index (χ2n) is 8.85. The Labute approximate surface area is 215 Å². The molecule has 0 unspecified atom stereocenters. The topological polar surface area (TPSA) is 84.2 Å². The lowest BCUT2D eigenvalue weighted by Gasteiger charge is -2.11. The third-order valence-electron chi connectivity index (χ3n) is 6.01. The number of anilines is 2. The van der Waals surface area contributed by atoms with Crippen molar-refractivity contribution in [3.8, 4) is 11.5 Å².